The van der Waals surface area contributed by atoms with Crippen LogP contribution in [0.25, 0.3) is 6.08 Å². The van der Waals surface area contributed by atoms with E-state index >= 15 is 0 Å². The van der Waals surface area contributed by atoms with Crippen molar-refractivity contribution in [2.45, 2.75) is 31.1 Å². The van der Waals surface area contributed by atoms with Gasteiger partial charge in [0.15, 0.2) is 11.5 Å². The minimum absolute atomic E-state index is 0.265. The summed E-state index contributed by atoms with van der Waals surface area (Å²) in [4.78, 5) is 0. The van der Waals surface area contributed by atoms with Crippen molar-refractivity contribution < 1.29 is 19.4 Å². The number of methoxy groups -OCH3 is 3. The number of H-pyrrole nitrogens is 1. The first-order valence-corrected chi connectivity index (χ1v) is 11.5. The molecule has 0 bridgehead atoms. The Labute approximate surface area is 199 Å². The minimum Gasteiger partial charge on any atom is -0.493 e. The lowest BCUT2D eigenvalue weighted by Gasteiger charge is -2.35. The number of nitrogens with one attached hydrogen (secondary N) is 1. The quantitative estimate of drug-likeness (QED) is 0.296. The molecule has 176 valence electrons. The van der Waals surface area contributed by atoms with Crippen molar-refractivity contribution in [1.29, 1.82) is 0 Å². The normalized spacial score (nSPS) is 19.9. The summed E-state index contributed by atoms with van der Waals surface area (Å²) in [7, 11) is 4.86. The van der Waals surface area contributed by atoms with E-state index in [1.807, 2.05) is 30.3 Å². The van der Waals surface area contributed by atoms with Crippen molar-refractivity contribution in [1.82, 2.24) is 10.2 Å². The zero-order valence-electron chi connectivity index (χ0n) is 19.7. The Morgan fingerprint density at radius 2 is 1.74 bits per heavy atom. The van der Waals surface area contributed by atoms with E-state index in [4.69, 9.17) is 14.2 Å². The van der Waals surface area contributed by atoms with Gasteiger partial charge in [0.2, 0.25) is 5.75 Å². The van der Waals surface area contributed by atoms with Crippen LogP contribution in [0.1, 0.15) is 47.3 Å². The Morgan fingerprint density at radius 1 is 1.03 bits per heavy atom. The van der Waals surface area contributed by atoms with Gasteiger partial charge in [0, 0.05) is 29.0 Å². The Kier molecular flexibility index (Phi) is 5.77. The van der Waals surface area contributed by atoms with Gasteiger partial charge in [0.05, 0.1) is 21.3 Å². The molecule has 1 saturated carbocycles. The molecule has 34 heavy (non-hydrogen) atoms. The van der Waals surface area contributed by atoms with Crippen molar-refractivity contribution in [3.63, 3.8) is 0 Å². The molecule has 5 rings (SSSR count). The SMILES string of the molecule is COc1cc(C2(c3ccccc3)C=Cc3c(/C(=N/O)C4CCC4)n[nH]c3C2)cc(OC)c1OC. The summed E-state index contributed by atoms with van der Waals surface area (Å²) in [5.41, 5.74) is 5.06. The molecule has 3 aromatic rings. The molecule has 1 unspecified atom stereocenters. The minimum atomic E-state index is -0.488. The van der Waals surface area contributed by atoms with Gasteiger partial charge in [-0.1, -0.05) is 54.1 Å². The zero-order chi connectivity index (χ0) is 23.7. The number of benzene rings is 2. The van der Waals surface area contributed by atoms with Crippen LogP contribution in [0.3, 0.4) is 0 Å². The highest BCUT2D eigenvalue weighted by Gasteiger charge is 2.39. The summed E-state index contributed by atoms with van der Waals surface area (Å²) in [6, 6.07) is 14.4. The van der Waals surface area contributed by atoms with E-state index in [1.165, 1.54) is 0 Å². The fraction of sp³-hybridized carbons (Fsp3) is 0.333. The van der Waals surface area contributed by atoms with Crippen LogP contribution >= 0.6 is 0 Å². The number of hydrogen-bond acceptors (Lipinski definition) is 6. The summed E-state index contributed by atoms with van der Waals surface area (Å²) in [6.45, 7) is 0. The van der Waals surface area contributed by atoms with Crippen LogP contribution in [0.5, 0.6) is 17.2 Å². The molecule has 7 heteroatoms. The number of fused-ring (bicyclic) bond motifs is 1. The molecule has 1 aromatic heterocycles. The van der Waals surface area contributed by atoms with E-state index < -0.39 is 5.41 Å². The van der Waals surface area contributed by atoms with E-state index in [2.05, 4.69) is 39.6 Å². The number of allylic oxidation sites excluding steroid dienone is 1. The number of rotatable bonds is 7. The molecule has 1 atom stereocenters. The second kappa shape index (κ2) is 8.89. The Bertz CT molecular complexity index is 1220. The average Bonchev–Trinajstić information content (AvgIpc) is 3.28. The smallest absolute Gasteiger partial charge is 0.203 e. The predicted molar refractivity (Wildman–Crippen MR) is 130 cm³/mol. The first-order chi connectivity index (χ1) is 16.6. The van der Waals surface area contributed by atoms with Gasteiger partial charge in [0.25, 0.3) is 0 Å². The van der Waals surface area contributed by atoms with E-state index in [0.717, 1.165) is 47.3 Å². The first-order valence-electron chi connectivity index (χ1n) is 11.5. The molecular formula is C27H29N3O4. The third kappa shape index (κ3) is 3.43. The van der Waals surface area contributed by atoms with Gasteiger partial charge in [-0.15, -0.1) is 0 Å². The van der Waals surface area contributed by atoms with E-state index in [-0.39, 0.29) is 5.92 Å². The first kappa shape index (κ1) is 22.1. The van der Waals surface area contributed by atoms with Crippen LogP contribution in [0.15, 0.2) is 53.7 Å². The van der Waals surface area contributed by atoms with Gasteiger partial charge in [-0.2, -0.15) is 5.10 Å². The monoisotopic (exact) mass is 459 g/mol. The highest BCUT2D eigenvalue weighted by molar-refractivity contribution is 6.04. The highest BCUT2D eigenvalue weighted by atomic mass is 16.5. The number of aromatic amines is 1. The van der Waals surface area contributed by atoms with E-state index in [9.17, 15) is 5.21 Å². The average molecular weight is 460 g/mol. The number of nitrogens with zero attached hydrogens (tertiary/aromatic N) is 2. The highest BCUT2D eigenvalue weighted by Crippen LogP contribution is 2.47. The molecule has 0 aliphatic heterocycles. The lowest BCUT2D eigenvalue weighted by Crippen LogP contribution is -2.31. The number of hydrogen-bond donors (Lipinski definition) is 2. The third-order valence-electron chi connectivity index (χ3n) is 7.18. The van der Waals surface area contributed by atoms with Crippen LogP contribution in [0.4, 0.5) is 0 Å². The fourth-order valence-electron chi connectivity index (χ4n) is 5.10. The zero-order valence-corrected chi connectivity index (χ0v) is 19.7. The molecule has 0 saturated heterocycles. The maximum atomic E-state index is 9.73. The van der Waals surface area contributed by atoms with Crippen LogP contribution < -0.4 is 14.2 Å². The van der Waals surface area contributed by atoms with Crippen LogP contribution in [0, 0.1) is 5.92 Å². The third-order valence-corrected chi connectivity index (χ3v) is 7.18. The molecular weight excluding hydrogens is 430 g/mol. The maximum Gasteiger partial charge on any atom is 0.203 e. The number of ether oxygens (including phenoxy) is 3. The lowest BCUT2D eigenvalue weighted by molar-refractivity contribution is 0.305. The Balaban J connectivity index is 1.66. The summed E-state index contributed by atoms with van der Waals surface area (Å²) in [5, 5.41) is 21.2. The van der Waals surface area contributed by atoms with E-state index in [0.29, 0.717) is 29.4 Å². The van der Waals surface area contributed by atoms with Gasteiger partial charge in [-0.05, 0) is 36.1 Å². The largest absolute Gasteiger partial charge is 0.493 e. The maximum absolute atomic E-state index is 9.73. The van der Waals surface area contributed by atoms with Crippen molar-refractivity contribution in [3.05, 3.63) is 76.6 Å². The molecule has 1 heterocycles. The molecule has 2 N–H and O–H groups in total. The second-order valence-corrected chi connectivity index (χ2v) is 8.84. The number of aromatic nitrogens is 2. The standard InChI is InChI=1S/C27H29N3O4/c1-32-22-14-19(15-23(33-2)26(22)34-3)27(18-10-5-4-6-11-18)13-12-20-21(16-27)28-29-25(20)24(30-31)17-8-7-9-17/h4-6,10-15,17,31H,7-9,16H2,1-3H3,(H,28,29)/b30-24+. The summed E-state index contributed by atoms with van der Waals surface area (Å²) in [5.74, 6) is 2.04. The molecule has 2 aliphatic rings. The van der Waals surface area contributed by atoms with Gasteiger partial charge >= 0.3 is 0 Å². The summed E-state index contributed by atoms with van der Waals surface area (Å²) in [6.07, 6.45) is 8.17. The predicted octanol–water partition coefficient (Wildman–Crippen LogP) is 4.97. The lowest BCUT2D eigenvalue weighted by atomic mass is 9.68. The van der Waals surface area contributed by atoms with Crippen molar-refractivity contribution >= 4 is 11.8 Å². The van der Waals surface area contributed by atoms with Crippen LogP contribution in [-0.2, 0) is 11.8 Å². The number of oxime groups is 1. The fourth-order valence-corrected chi connectivity index (χ4v) is 5.10. The summed E-state index contributed by atoms with van der Waals surface area (Å²) < 4.78 is 16.9. The molecule has 2 aliphatic carbocycles. The second-order valence-electron chi connectivity index (χ2n) is 8.84. The van der Waals surface area contributed by atoms with Gasteiger partial charge in [-0.3, -0.25) is 5.10 Å². The molecule has 1 fully saturated rings. The van der Waals surface area contributed by atoms with Crippen LogP contribution in [0.2, 0.25) is 0 Å². The van der Waals surface area contributed by atoms with E-state index in [1.54, 1.807) is 21.3 Å². The van der Waals surface area contributed by atoms with Crippen molar-refractivity contribution in [3.8, 4) is 17.2 Å². The molecule has 0 spiro atoms. The van der Waals surface area contributed by atoms with Gasteiger partial charge < -0.3 is 19.4 Å². The van der Waals surface area contributed by atoms with Gasteiger partial charge in [-0.25, -0.2) is 0 Å². The Morgan fingerprint density at radius 3 is 2.29 bits per heavy atom. The van der Waals surface area contributed by atoms with Crippen molar-refractivity contribution in [2.75, 3.05) is 21.3 Å². The van der Waals surface area contributed by atoms with Gasteiger partial charge in [0.1, 0.15) is 11.4 Å². The topological polar surface area (TPSA) is 89.0 Å². The molecule has 0 radical (unpaired) electrons. The molecule has 7 nitrogen and oxygen atoms in total. The molecule has 0 amide bonds. The van der Waals surface area contributed by atoms with Crippen LogP contribution in [-0.4, -0.2) is 42.4 Å². The van der Waals surface area contributed by atoms with Crippen molar-refractivity contribution in [2.24, 2.45) is 11.1 Å². The Hall–Kier alpha value is -3.74. The molecule has 2 aromatic carbocycles. The summed E-state index contributed by atoms with van der Waals surface area (Å²) >= 11 is 0.